The fourth-order valence-electron chi connectivity index (χ4n) is 2.69. The van der Waals surface area contributed by atoms with Crippen LogP contribution < -0.4 is 10.6 Å². The molecule has 3 heterocycles. The first-order valence-electron chi connectivity index (χ1n) is 8.01. The van der Waals surface area contributed by atoms with Crippen LogP contribution in [0.2, 0.25) is 10.0 Å². The van der Waals surface area contributed by atoms with Crippen molar-refractivity contribution in [2.75, 3.05) is 30.4 Å². The summed E-state index contributed by atoms with van der Waals surface area (Å²) in [5.41, 5.74) is 1.15. The fourth-order valence-corrected chi connectivity index (χ4v) is 3.09. The number of carbonyl (C=O) groups excluding carboxylic acids is 1. The lowest BCUT2D eigenvalue weighted by Crippen LogP contribution is -2.22. The Kier molecular flexibility index (Phi) is 6.07. The van der Waals surface area contributed by atoms with Gasteiger partial charge in [0.1, 0.15) is 11.6 Å². The zero-order valence-electron chi connectivity index (χ0n) is 13.5. The molecule has 0 spiro atoms. The Morgan fingerprint density at radius 3 is 2.76 bits per heavy atom. The molecule has 1 saturated heterocycles. The molecule has 1 amide bonds. The number of hydrogen-bond acceptors (Lipinski definition) is 5. The van der Waals surface area contributed by atoms with Gasteiger partial charge in [-0.1, -0.05) is 23.2 Å². The van der Waals surface area contributed by atoms with Gasteiger partial charge in [0.25, 0.3) is 0 Å². The van der Waals surface area contributed by atoms with E-state index in [1.54, 1.807) is 12.1 Å². The van der Waals surface area contributed by atoms with Gasteiger partial charge in [-0.15, -0.1) is 0 Å². The van der Waals surface area contributed by atoms with Gasteiger partial charge in [0.2, 0.25) is 6.41 Å². The fraction of sp³-hybridized carbons (Fsp3) is 0.353. The monoisotopic (exact) mass is 380 g/mol. The predicted octanol–water partition coefficient (Wildman–Crippen LogP) is 3.86. The maximum Gasteiger partial charge on any atom is 0.212 e. The lowest BCUT2D eigenvalue weighted by molar-refractivity contribution is -0.105. The quantitative estimate of drug-likeness (QED) is 0.744. The van der Waals surface area contributed by atoms with Gasteiger partial charge in [0.15, 0.2) is 0 Å². The van der Waals surface area contributed by atoms with Crippen LogP contribution >= 0.6 is 23.2 Å². The van der Waals surface area contributed by atoms with Gasteiger partial charge in [0.05, 0.1) is 15.7 Å². The Morgan fingerprint density at radius 2 is 2.00 bits per heavy atom. The molecule has 2 N–H and O–H groups in total. The summed E-state index contributed by atoms with van der Waals surface area (Å²) in [4.78, 5) is 19.2. The van der Waals surface area contributed by atoms with Crippen LogP contribution in [0.4, 0.5) is 11.6 Å². The average molecular weight is 381 g/mol. The van der Waals surface area contributed by atoms with E-state index in [1.165, 1.54) is 6.20 Å². The minimum Gasteiger partial charge on any atom is -0.381 e. The molecule has 0 aliphatic carbocycles. The third kappa shape index (κ3) is 4.60. The van der Waals surface area contributed by atoms with Gasteiger partial charge < -0.3 is 15.4 Å². The van der Waals surface area contributed by atoms with E-state index < -0.39 is 0 Å². The first-order valence-corrected chi connectivity index (χ1v) is 8.77. The maximum atomic E-state index is 10.6. The van der Waals surface area contributed by atoms with Crippen LogP contribution in [0.1, 0.15) is 12.8 Å². The molecule has 0 atom stereocenters. The van der Waals surface area contributed by atoms with E-state index >= 15 is 0 Å². The summed E-state index contributed by atoms with van der Waals surface area (Å²) in [6, 6.07) is 5.26. The average Bonchev–Trinajstić information content (AvgIpc) is 2.64. The third-order valence-electron chi connectivity index (χ3n) is 4.08. The Balaban J connectivity index is 1.81. The topological polar surface area (TPSA) is 76.1 Å². The van der Waals surface area contributed by atoms with E-state index in [4.69, 9.17) is 27.9 Å². The summed E-state index contributed by atoms with van der Waals surface area (Å²) < 4.78 is 5.38. The molecule has 25 heavy (non-hydrogen) atoms. The van der Waals surface area contributed by atoms with Crippen molar-refractivity contribution in [1.29, 1.82) is 0 Å². The molecule has 3 rings (SSSR count). The van der Waals surface area contributed by atoms with Crippen molar-refractivity contribution < 1.29 is 9.53 Å². The summed E-state index contributed by atoms with van der Waals surface area (Å²) in [5, 5.41) is 6.74. The highest BCUT2D eigenvalue weighted by Gasteiger charge is 2.15. The van der Waals surface area contributed by atoms with Gasteiger partial charge in [-0.2, -0.15) is 0 Å². The van der Waals surface area contributed by atoms with Gasteiger partial charge in [-0.25, -0.2) is 9.97 Å². The molecule has 6 nitrogen and oxygen atoms in total. The van der Waals surface area contributed by atoms with Gasteiger partial charge in [0, 0.05) is 31.5 Å². The summed E-state index contributed by atoms with van der Waals surface area (Å²) in [6.45, 7) is 2.45. The molecule has 1 fully saturated rings. The molecule has 0 bridgehead atoms. The van der Waals surface area contributed by atoms with Crippen molar-refractivity contribution in [3.05, 3.63) is 34.4 Å². The molecule has 132 valence electrons. The molecule has 0 unspecified atom stereocenters. The highest BCUT2D eigenvalue weighted by atomic mass is 35.5. The van der Waals surface area contributed by atoms with Crippen molar-refractivity contribution in [2.24, 2.45) is 5.92 Å². The molecule has 0 saturated carbocycles. The van der Waals surface area contributed by atoms with Crippen LogP contribution in [0, 0.1) is 5.92 Å². The van der Waals surface area contributed by atoms with Crippen molar-refractivity contribution in [1.82, 2.24) is 9.97 Å². The molecule has 2 aromatic heterocycles. The van der Waals surface area contributed by atoms with Crippen LogP contribution in [0.5, 0.6) is 0 Å². The summed E-state index contributed by atoms with van der Waals surface area (Å²) in [6.07, 6.45) is 4.11. The lowest BCUT2D eigenvalue weighted by Gasteiger charge is -2.22. The Hall–Kier alpha value is -1.89. The molecular weight excluding hydrogens is 363 g/mol. The second-order valence-electron chi connectivity index (χ2n) is 5.78. The minimum atomic E-state index is 0.382. The van der Waals surface area contributed by atoms with Crippen LogP contribution in [0.15, 0.2) is 24.4 Å². The number of rotatable bonds is 6. The third-order valence-corrected chi connectivity index (χ3v) is 4.68. The summed E-state index contributed by atoms with van der Waals surface area (Å²) in [5.74, 6) is 1.68. The standard InChI is InChI=1S/C17H18Cl2N4O2/c18-13-1-2-15(20-8-11-3-5-25-6-4-11)23-17(13)12-7-16(22-10-24)21-9-14(12)19/h1-2,7,9-11H,3-6,8H2,(H,20,23)(H,21,22,24). The first kappa shape index (κ1) is 17.9. The number of halogens is 2. The van der Waals surface area contributed by atoms with E-state index in [1.807, 2.05) is 6.07 Å². The lowest BCUT2D eigenvalue weighted by atomic mass is 10.0. The van der Waals surface area contributed by atoms with E-state index in [0.29, 0.717) is 39.4 Å². The molecule has 8 heteroatoms. The number of ether oxygens (including phenoxy) is 1. The van der Waals surface area contributed by atoms with E-state index in [-0.39, 0.29) is 0 Å². The normalized spacial score (nSPS) is 15.0. The SMILES string of the molecule is O=CNc1cc(-c2nc(NCC3CCOCC3)ccc2Cl)c(Cl)cn1. The summed E-state index contributed by atoms with van der Waals surface area (Å²) in [7, 11) is 0. The molecular formula is C17H18Cl2N4O2. The van der Waals surface area contributed by atoms with Crippen molar-refractivity contribution in [2.45, 2.75) is 12.8 Å². The molecule has 0 radical (unpaired) electrons. The minimum absolute atomic E-state index is 0.382. The van der Waals surface area contributed by atoms with Crippen molar-refractivity contribution >= 4 is 41.2 Å². The van der Waals surface area contributed by atoms with Gasteiger partial charge >= 0.3 is 0 Å². The van der Waals surface area contributed by atoms with Crippen LogP contribution in [-0.4, -0.2) is 36.1 Å². The van der Waals surface area contributed by atoms with Gasteiger partial charge in [-0.3, -0.25) is 4.79 Å². The number of amides is 1. The van der Waals surface area contributed by atoms with E-state index in [9.17, 15) is 4.79 Å². The number of carbonyl (C=O) groups is 1. The Labute approximate surface area is 155 Å². The smallest absolute Gasteiger partial charge is 0.212 e. The molecule has 1 aliphatic heterocycles. The van der Waals surface area contributed by atoms with E-state index in [0.717, 1.165) is 38.4 Å². The second kappa shape index (κ2) is 8.47. The second-order valence-corrected chi connectivity index (χ2v) is 6.59. The van der Waals surface area contributed by atoms with Crippen LogP contribution in [0.3, 0.4) is 0 Å². The number of anilines is 2. The number of nitrogens with zero attached hydrogens (tertiary/aromatic N) is 2. The van der Waals surface area contributed by atoms with Crippen molar-refractivity contribution in [3.63, 3.8) is 0 Å². The Morgan fingerprint density at radius 1 is 1.20 bits per heavy atom. The van der Waals surface area contributed by atoms with Crippen molar-refractivity contribution in [3.8, 4) is 11.3 Å². The molecule has 1 aliphatic rings. The summed E-state index contributed by atoms with van der Waals surface area (Å²) >= 11 is 12.5. The maximum absolute atomic E-state index is 10.6. The highest BCUT2D eigenvalue weighted by Crippen LogP contribution is 2.33. The van der Waals surface area contributed by atoms with Gasteiger partial charge in [-0.05, 0) is 37.0 Å². The molecule has 0 aromatic carbocycles. The predicted molar refractivity (Wildman–Crippen MR) is 99.2 cm³/mol. The first-order chi connectivity index (χ1) is 12.2. The largest absolute Gasteiger partial charge is 0.381 e. The number of pyridine rings is 2. The number of hydrogen-bond donors (Lipinski definition) is 2. The van der Waals surface area contributed by atoms with E-state index in [2.05, 4.69) is 20.6 Å². The zero-order chi connectivity index (χ0) is 17.6. The highest BCUT2D eigenvalue weighted by molar-refractivity contribution is 6.36. The number of nitrogens with one attached hydrogen (secondary N) is 2. The Bertz CT molecular complexity index is 751. The molecule has 2 aromatic rings. The van der Waals surface area contributed by atoms with Crippen LogP contribution in [-0.2, 0) is 9.53 Å². The number of aromatic nitrogens is 2. The zero-order valence-corrected chi connectivity index (χ0v) is 15.0. The van der Waals surface area contributed by atoms with Crippen LogP contribution in [0.25, 0.3) is 11.3 Å².